The highest BCUT2D eigenvalue weighted by Gasteiger charge is 2.43. The maximum atomic E-state index is 12.8. The molecule has 1 aliphatic heterocycles. The summed E-state index contributed by atoms with van der Waals surface area (Å²) in [6.45, 7) is 2.91. The van der Waals surface area contributed by atoms with Crippen LogP contribution in [-0.2, 0) is 0 Å². The van der Waals surface area contributed by atoms with Gasteiger partial charge in [0.1, 0.15) is 0 Å². The van der Waals surface area contributed by atoms with E-state index < -0.39 is 18.9 Å². The minimum absolute atomic E-state index is 0.161. The highest BCUT2D eigenvalue weighted by atomic mass is 19.3. The molecule has 0 aliphatic carbocycles. The van der Waals surface area contributed by atoms with E-state index in [4.69, 9.17) is 0 Å². The van der Waals surface area contributed by atoms with E-state index in [1.54, 1.807) is 0 Å². The molecule has 1 aliphatic rings. The largest absolute Gasteiger partial charge is 0.319 e. The van der Waals surface area contributed by atoms with E-state index in [-0.39, 0.29) is 6.04 Å². The molecule has 0 bridgehead atoms. The van der Waals surface area contributed by atoms with Crippen LogP contribution in [0, 0.1) is 0 Å². The van der Waals surface area contributed by atoms with Gasteiger partial charge in [0.05, 0.1) is 6.54 Å². The molecule has 1 unspecified atom stereocenters. The van der Waals surface area contributed by atoms with Crippen LogP contribution >= 0.6 is 0 Å². The minimum Gasteiger partial charge on any atom is -0.313 e. The van der Waals surface area contributed by atoms with Crippen molar-refractivity contribution in [3.05, 3.63) is 0 Å². The van der Waals surface area contributed by atoms with Crippen LogP contribution in [0.4, 0.5) is 17.6 Å². The molecule has 16 heavy (non-hydrogen) atoms. The van der Waals surface area contributed by atoms with E-state index in [0.717, 1.165) is 19.4 Å². The van der Waals surface area contributed by atoms with Crippen molar-refractivity contribution in [1.82, 2.24) is 10.2 Å². The predicted octanol–water partition coefficient (Wildman–Crippen LogP) is 1.96. The fourth-order valence-corrected chi connectivity index (χ4v) is 1.86. The lowest BCUT2D eigenvalue weighted by atomic mass is 10.2. The molecule has 1 rings (SSSR count). The molecule has 0 spiro atoms. The lowest BCUT2D eigenvalue weighted by Gasteiger charge is -2.22. The maximum Gasteiger partial charge on any atom is 0.319 e. The Kier molecular flexibility index (Phi) is 4.98. The highest BCUT2D eigenvalue weighted by molar-refractivity contribution is 4.84. The number of likely N-dealkylation sites (tertiary alicyclic amines) is 1. The Hall–Kier alpha value is -0.360. The first-order valence-corrected chi connectivity index (χ1v) is 5.57. The third-order valence-electron chi connectivity index (χ3n) is 2.71. The molecule has 0 aromatic heterocycles. The van der Waals surface area contributed by atoms with Crippen molar-refractivity contribution in [2.45, 2.75) is 38.2 Å². The van der Waals surface area contributed by atoms with Gasteiger partial charge in [0.2, 0.25) is 0 Å². The van der Waals surface area contributed by atoms with Crippen molar-refractivity contribution in [3.63, 3.8) is 0 Å². The zero-order valence-corrected chi connectivity index (χ0v) is 9.36. The SMILES string of the molecule is CCCNC1CCN(CC(F)(F)C(F)F)C1. The molecule has 1 heterocycles. The zero-order valence-electron chi connectivity index (χ0n) is 9.36. The van der Waals surface area contributed by atoms with Crippen LogP contribution in [-0.4, -0.2) is 49.5 Å². The van der Waals surface area contributed by atoms with Gasteiger partial charge in [-0.15, -0.1) is 0 Å². The summed E-state index contributed by atoms with van der Waals surface area (Å²) in [7, 11) is 0. The van der Waals surface area contributed by atoms with E-state index >= 15 is 0 Å². The van der Waals surface area contributed by atoms with Crippen molar-refractivity contribution >= 4 is 0 Å². The number of nitrogens with zero attached hydrogens (tertiary/aromatic N) is 1. The molecule has 6 heteroatoms. The van der Waals surface area contributed by atoms with Crippen LogP contribution in [0.3, 0.4) is 0 Å². The normalized spacial score (nSPS) is 23.2. The topological polar surface area (TPSA) is 15.3 Å². The second-order valence-corrected chi connectivity index (χ2v) is 4.24. The number of halogens is 4. The van der Waals surface area contributed by atoms with Crippen molar-refractivity contribution in [2.24, 2.45) is 0 Å². The monoisotopic (exact) mass is 242 g/mol. The third-order valence-corrected chi connectivity index (χ3v) is 2.71. The van der Waals surface area contributed by atoms with Gasteiger partial charge < -0.3 is 5.32 Å². The summed E-state index contributed by atoms with van der Waals surface area (Å²) >= 11 is 0. The van der Waals surface area contributed by atoms with E-state index in [2.05, 4.69) is 5.32 Å². The Balaban J connectivity index is 2.31. The average molecular weight is 242 g/mol. The molecule has 1 N–H and O–H groups in total. The summed E-state index contributed by atoms with van der Waals surface area (Å²) in [4.78, 5) is 1.40. The molecule has 0 aromatic rings. The van der Waals surface area contributed by atoms with Crippen LogP contribution < -0.4 is 5.32 Å². The Morgan fingerprint density at radius 3 is 2.69 bits per heavy atom. The first-order chi connectivity index (χ1) is 7.45. The van der Waals surface area contributed by atoms with Crippen molar-refractivity contribution in [2.75, 3.05) is 26.2 Å². The molecule has 0 radical (unpaired) electrons. The van der Waals surface area contributed by atoms with Crippen LogP contribution in [0.15, 0.2) is 0 Å². The second-order valence-electron chi connectivity index (χ2n) is 4.24. The number of rotatable bonds is 6. The van der Waals surface area contributed by atoms with Crippen LogP contribution in [0.2, 0.25) is 0 Å². The van der Waals surface area contributed by atoms with E-state index in [9.17, 15) is 17.6 Å². The fraction of sp³-hybridized carbons (Fsp3) is 1.00. The molecular weight excluding hydrogens is 224 g/mol. The van der Waals surface area contributed by atoms with Crippen LogP contribution in [0.1, 0.15) is 19.8 Å². The standard InChI is InChI=1S/C10H18F4N2/c1-2-4-15-8-3-5-16(6-8)7-10(13,14)9(11)12/h8-9,15H,2-7H2,1H3. The fourth-order valence-electron chi connectivity index (χ4n) is 1.86. The first kappa shape index (κ1) is 13.7. The Labute approximate surface area is 93.0 Å². The van der Waals surface area contributed by atoms with Crippen molar-refractivity contribution in [3.8, 4) is 0 Å². The van der Waals surface area contributed by atoms with Gasteiger partial charge in [0.25, 0.3) is 0 Å². The van der Waals surface area contributed by atoms with Gasteiger partial charge in [-0.25, -0.2) is 8.78 Å². The lowest BCUT2D eigenvalue weighted by molar-refractivity contribution is -0.140. The van der Waals surface area contributed by atoms with Gasteiger partial charge >= 0.3 is 12.3 Å². The molecule has 96 valence electrons. The van der Waals surface area contributed by atoms with E-state index in [1.165, 1.54) is 4.90 Å². The van der Waals surface area contributed by atoms with Gasteiger partial charge in [-0.1, -0.05) is 6.92 Å². The number of hydrogen-bond acceptors (Lipinski definition) is 2. The van der Waals surface area contributed by atoms with E-state index in [0.29, 0.717) is 13.1 Å². The highest BCUT2D eigenvalue weighted by Crippen LogP contribution is 2.25. The maximum absolute atomic E-state index is 12.8. The molecule has 0 amide bonds. The zero-order chi connectivity index (χ0) is 12.2. The molecule has 0 saturated carbocycles. The summed E-state index contributed by atoms with van der Waals surface area (Å²) < 4.78 is 49.5. The summed E-state index contributed by atoms with van der Waals surface area (Å²) in [5.41, 5.74) is 0. The first-order valence-electron chi connectivity index (χ1n) is 5.57. The van der Waals surface area contributed by atoms with Gasteiger partial charge in [0, 0.05) is 12.6 Å². The summed E-state index contributed by atoms with van der Waals surface area (Å²) in [5.74, 6) is -3.89. The van der Waals surface area contributed by atoms with Crippen LogP contribution in [0.5, 0.6) is 0 Å². The molecule has 1 saturated heterocycles. The van der Waals surface area contributed by atoms with Crippen LogP contribution in [0.25, 0.3) is 0 Å². The van der Waals surface area contributed by atoms with Crippen molar-refractivity contribution < 1.29 is 17.6 Å². The van der Waals surface area contributed by atoms with Gasteiger partial charge in [-0.05, 0) is 25.9 Å². The van der Waals surface area contributed by atoms with E-state index in [1.807, 2.05) is 6.92 Å². The quantitative estimate of drug-likeness (QED) is 0.716. The predicted molar refractivity (Wildman–Crippen MR) is 54.1 cm³/mol. The smallest absolute Gasteiger partial charge is 0.313 e. The molecule has 0 aromatic carbocycles. The summed E-state index contributed by atoms with van der Waals surface area (Å²) in [5, 5.41) is 3.20. The minimum atomic E-state index is -3.89. The second kappa shape index (κ2) is 5.82. The van der Waals surface area contributed by atoms with Crippen molar-refractivity contribution in [1.29, 1.82) is 0 Å². The third kappa shape index (κ3) is 3.90. The van der Waals surface area contributed by atoms with Gasteiger partial charge in [-0.3, -0.25) is 4.90 Å². The van der Waals surface area contributed by atoms with Gasteiger partial charge in [-0.2, -0.15) is 8.78 Å². The average Bonchev–Trinajstić information content (AvgIpc) is 2.61. The Bertz CT molecular complexity index is 211. The Morgan fingerprint density at radius 1 is 1.44 bits per heavy atom. The van der Waals surface area contributed by atoms with Gasteiger partial charge in [0.15, 0.2) is 0 Å². The molecule has 1 atom stereocenters. The summed E-state index contributed by atoms with van der Waals surface area (Å²) in [6.07, 6.45) is -1.85. The number of nitrogens with one attached hydrogen (secondary N) is 1. The molecule has 1 fully saturated rings. The number of hydrogen-bond donors (Lipinski definition) is 1. The number of alkyl halides is 4. The Morgan fingerprint density at radius 2 is 2.12 bits per heavy atom. The lowest BCUT2D eigenvalue weighted by Crippen LogP contribution is -2.42. The molecule has 2 nitrogen and oxygen atoms in total. The molecular formula is C10H18F4N2. The summed E-state index contributed by atoms with van der Waals surface area (Å²) in [6, 6.07) is 0.161.